The van der Waals surface area contributed by atoms with Crippen molar-refractivity contribution in [2.75, 3.05) is 39.4 Å². The van der Waals surface area contributed by atoms with Gasteiger partial charge in [0, 0.05) is 37.7 Å². The summed E-state index contributed by atoms with van der Waals surface area (Å²) in [5.41, 5.74) is 1.04. The molecule has 1 amide bonds. The second-order valence-electron chi connectivity index (χ2n) is 7.32. The molecule has 1 aromatic rings. The van der Waals surface area contributed by atoms with Crippen LogP contribution in [0.15, 0.2) is 16.9 Å². The highest BCUT2D eigenvalue weighted by Gasteiger charge is 2.29. The summed E-state index contributed by atoms with van der Waals surface area (Å²) in [5, 5.41) is 4.59. The van der Waals surface area contributed by atoms with Crippen molar-refractivity contribution in [2.45, 2.75) is 44.2 Å². The van der Waals surface area contributed by atoms with Crippen molar-refractivity contribution in [2.24, 2.45) is 0 Å². The molecule has 0 aromatic carbocycles. The first-order chi connectivity index (χ1) is 12.2. The number of morpholine rings is 1. The van der Waals surface area contributed by atoms with Gasteiger partial charge in [-0.15, -0.1) is 0 Å². The summed E-state index contributed by atoms with van der Waals surface area (Å²) in [6, 6.07) is 3.87. The van der Waals surface area contributed by atoms with Crippen molar-refractivity contribution in [3.05, 3.63) is 28.2 Å². The van der Waals surface area contributed by atoms with E-state index in [0.717, 1.165) is 38.2 Å². The van der Waals surface area contributed by atoms with Crippen molar-refractivity contribution in [3.63, 3.8) is 0 Å². The summed E-state index contributed by atoms with van der Waals surface area (Å²) in [7, 11) is 0. The van der Waals surface area contributed by atoms with Crippen LogP contribution in [0.4, 0.5) is 0 Å². The van der Waals surface area contributed by atoms with E-state index >= 15 is 0 Å². The lowest BCUT2D eigenvalue weighted by Crippen LogP contribution is -2.46. The van der Waals surface area contributed by atoms with Crippen LogP contribution in [-0.4, -0.2) is 70.9 Å². The van der Waals surface area contributed by atoms with Gasteiger partial charge in [0.1, 0.15) is 6.61 Å². The molecule has 1 saturated carbocycles. The molecular formula is C18H26N4O3. The predicted molar refractivity (Wildman–Crippen MR) is 92.5 cm³/mol. The SMILES string of the molecule is O=C1COCCN1CCN1CCCC1Cn1nc(C2CC2)ccc1=O. The van der Waals surface area contributed by atoms with E-state index in [4.69, 9.17) is 4.74 Å². The van der Waals surface area contributed by atoms with Crippen LogP contribution >= 0.6 is 0 Å². The van der Waals surface area contributed by atoms with E-state index in [1.807, 2.05) is 11.0 Å². The molecule has 0 bridgehead atoms. The Bertz CT molecular complexity index is 685. The van der Waals surface area contributed by atoms with Crippen LogP contribution in [0, 0.1) is 0 Å². The number of aromatic nitrogens is 2. The molecule has 136 valence electrons. The van der Waals surface area contributed by atoms with Crippen LogP contribution in [0.5, 0.6) is 0 Å². The lowest BCUT2D eigenvalue weighted by atomic mass is 10.2. The summed E-state index contributed by atoms with van der Waals surface area (Å²) >= 11 is 0. The summed E-state index contributed by atoms with van der Waals surface area (Å²) in [5.74, 6) is 0.635. The van der Waals surface area contributed by atoms with Crippen LogP contribution in [0.25, 0.3) is 0 Å². The molecule has 1 unspecified atom stereocenters. The quantitative estimate of drug-likeness (QED) is 0.748. The first kappa shape index (κ1) is 16.7. The molecule has 1 atom stereocenters. The minimum atomic E-state index is -0.0143. The Morgan fingerprint density at radius 2 is 2.00 bits per heavy atom. The van der Waals surface area contributed by atoms with Crippen LogP contribution in [-0.2, 0) is 16.1 Å². The fourth-order valence-electron chi connectivity index (χ4n) is 3.82. The highest BCUT2D eigenvalue weighted by atomic mass is 16.5. The highest BCUT2D eigenvalue weighted by Crippen LogP contribution is 2.38. The number of hydrogen-bond donors (Lipinski definition) is 0. The van der Waals surface area contributed by atoms with E-state index in [0.29, 0.717) is 31.7 Å². The van der Waals surface area contributed by atoms with Gasteiger partial charge in [-0.3, -0.25) is 14.5 Å². The number of hydrogen-bond acceptors (Lipinski definition) is 5. The third kappa shape index (κ3) is 3.93. The second kappa shape index (κ2) is 7.25. The maximum atomic E-state index is 12.2. The fraction of sp³-hybridized carbons (Fsp3) is 0.722. The molecule has 25 heavy (non-hydrogen) atoms. The van der Waals surface area contributed by atoms with E-state index in [9.17, 15) is 9.59 Å². The van der Waals surface area contributed by atoms with E-state index in [1.54, 1.807) is 10.7 Å². The monoisotopic (exact) mass is 346 g/mol. The van der Waals surface area contributed by atoms with Gasteiger partial charge in [-0.05, 0) is 38.3 Å². The molecule has 3 aliphatic rings. The zero-order valence-corrected chi connectivity index (χ0v) is 14.6. The minimum absolute atomic E-state index is 0.0143. The molecule has 1 aromatic heterocycles. The van der Waals surface area contributed by atoms with Gasteiger partial charge in [-0.2, -0.15) is 5.10 Å². The molecule has 0 N–H and O–H groups in total. The van der Waals surface area contributed by atoms with Gasteiger partial charge in [-0.1, -0.05) is 0 Å². The molecule has 2 saturated heterocycles. The highest BCUT2D eigenvalue weighted by molar-refractivity contribution is 5.77. The van der Waals surface area contributed by atoms with Gasteiger partial charge in [0.2, 0.25) is 5.91 Å². The van der Waals surface area contributed by atoms with Gasteiger partial charge in [0.05, 0.1) is 18.8 Å². The van der Waals surface area contributed by atoms with Gasteiger partial charge in [-0.25, -0.2) is 4.68 Å². The normalized spacial score (nSPS) is 24.9. The molecule has 7 heteroatoms. The lowest BCUT2D eigenvalue weighted by molar-refractivity contribution is -0.142. The predicted octanol–water partition coefficient (Wildman–Crippen LogP) is 0.444. The average Bonchev–Trinajstić information content (AvgIpc) is 3.37. The number of nitrogens with zero attached hydrogens (tertiary/aromatic N) is 4. The van der Waals surface area contributed by atoms with Crippen LogP contribution < -0.4 is 5.56 Å². The standard InChI is InChI=1S/C18H26N4O3/c23-17-6-5-16(14-3-4-14)19-22(17)12-15-2-1-7-20(15)8-9-21-10-11-25-13-18(21)24/h5-6,14-15H,1-4,7-13H2. The van der Waals surface area contributed by atoms with E-state index in [-0.39, 0.29) is 18.1 Å². The first-order valence-electron chi connectivity index (χ1n) is 9.38. The Hall–Kier alpha value is -1.73. The number of carbonyl (C=O) groups excluding carboxylic acids is 1. The average molecular weight is 346 g/mol. The number of amides is 1. The van der Waals surface area contributed by atoms with Crippen molar-refractivity contribution >= 4 is 5.91 Å². The molecule has 0 radical (unpaired) electrons. The summed E-state index contributed by atoms with van der Waals surface area (Å²) < 4.78 is 6.83. The van der Waals surface area contributed by atoms with Crippen molar-refractivity contribution < 1.29 is 9.53 Å². The largest absolute Gasteiger partial charge is 0.370 e. The first-order valence-corrected chi connectivity index (χ1v) is 9.38. The number of likely N-dealkylation sites (tertiary alicyclic amines) is 1. The lowest BCUT2D eigenvalue weighted by Gasteiger charge is -2.31. The van der Waals surface area contributed by atoms with E-state index in [2.05, 4.69) is 10.00 Å². The van der Waals surface area contributed by atoms with Crippen LogP contribution in [0.2, 0.25) is 0 Å². The van der Waals surface area contributed by atoms with Gasteiger partial charge in [0.25, 0.3) is 5.56 Å². The van der Waals surface area contributed by atoms with Crippen LogP contribution in [0.3, 0.4) is 0 Å². The van der Waals surface area contributed by atoms with Gasteiger partial charge < -0.3 is 9.64 Å². The Morgan fingerprint density at radius 1 is 1.12 bits per heavy atom. The maximum absolute atomic E-state index is 12.2. The molecule has 2 aliphatic heterocycles. The minimum Gasteiger partial charge on any atom is -0.370 e. The Kier molecular flexibility index (Phi) is 4.85. The van der Waals surface area contributed by atoms with Crippen molar-refractivity contribution in [1.29, 1.82) is 0 Å². The van der Waals surface area contributed by atoms with E-state index < -0.39 is 0 Å². The molecule has 3 heterocycles. The Labute approximate surface area is 147 Å². The zero-order valence-electron chi connectivity index (χ0n) is 14.6. The fourth-order valence-corrected chi connectivity index (χ4v) is 3.82. The number of ether oxygens (including phenoxy) is 1. The molecular weight excluding hydrogens is 320 g/mol. The van der Waals surface area contributed by atoms with Gasteiger partial charge >= 0.3 is 0 Å². The van der Waals surface area contributed by atoms with Crippen molar-refractivity contribution in [1.82, 2.24) is 19.6 Å². The molecule has 1 aliphatic carbocycles. The molecule has 4 rings (SSSR count). The summed E-state index contributed by atoms with van der Waals surface area (Å²) in [4.78, 5) is 28.3. The number of carbonyl (C=O) groups is 1. The second-order valence-corrected chi connectivity index (χ2v) is 7.32. The zero-order chi connectivity index (χ0) is 17.2. The summed E-state index contributed by atoms with van der Waals surface area (Å²) in [6.45, 7) is 4.79. The van der Waals surface area contributed by atoms with Crippen LogP contribution in [0.1, 0.15) is 37.3 Å². The number of rotatable bonds is 6. The Morgan fingerprint density at radius 3 is 2.80 bits per heavy atom. The smallest absolute Gasteiger partial charge is 0.266 e. The maximum Gasteiger partial charge on any atom is 0.266 e. The third-order valence-corrected chi connectivity index (χ3v) is 5.51. The topological polar surface area (TPSA) is 67.7 Å². The molecule has 7 nitrogen and oxygen atoms in total. The molecule has 3 fully saturated rings. The third-order valence-electron chi connectivity index (χ3n) is 5.51. The summed E-state index contributed by atoms with van der Waals surface area (Å²) in [6.07, 6.45) is 4.60. The van der Waals surface area contributed by atoms with Crippen molar-refractivity contribution in [3.8, 4) is 0 Å². The Balaban J connectivity index is 1.37. The van der Waals surface area contributed by atoms with Gasteiger partial charge in [0.15, 0.2) is 0 Å². The molecule has 0 spiro atoms. The van der Waals surface area contributed by atoms with E-state index in [1.165, 1.54) is 12.8 Å².